The van der Waals surface area contributed by atoms with Crippen molar-refractivity contribution >= 4 is 5.91 Å². The van der Waals surface area contributed by atoms with Gasteiger partial charge in [-0.1, -0.05) is 6.07 Å². The van der Waals surface area contributed by atoms with Crippen LogP contribution in [0.3, 0.4) is 0 Å². The van der Waals surface area contributed by atoms with Crippen molar-refractivity contribution in [1.29, 1.82) is 0 Å². The molecule has 0 radical (unpaired) electrons. The first-order chi connectivity index (χ1) is 9.92. The number of aromatic nitrogens is 2. The average Bonchev–Trinajstić information content (AvgIpc) is 2.77. The third kappa shape index (κ3) is 3.28. The van der Waals surface area contributed by atoms with Crippen molar-refractivity contribution in [1.82, 2.24) is 15.1 Å². The summed E-state index contributed by atoms with van der Waals surface area (Å²) >= 11 is 0. The summed E-state index contributed by atoms with van der Waals surface area (Å²) in [5, 5.41) is 16.0. The Morgan fingerprint density at radius 3 is 2.76 bits per heavy atom. The summed E-state index contributed by atoms with van der Waals surface area (Å²) in [7, 11) is 1.81. The molecule has 0 spiro atoms. The highest BCUT2D eigenvalue weighted by Crippen LogP contribution is 2.17. The molecule has 0 saturated heterocycles. The number of halogens is 1. The Hall–Kier alpha value is -2.21. The molecular weight excluding hydrogens is 273 g/mol. The standard InChI is InChI=1S/C15H18FN3O2/c1-9(13-7-19(3)18-10(13)2)17-15(21)11-4-5-12(8-20)14(16)6-11/h4-7,9,20H,8H2,1-3H3,(H,17,21). The van der Waals surface area contributed by atoms with E-state index in [1.54, 1.807) is 4.68 Å². The quantitative estimate of drug-likeness (QED) is 0.903. The second kappa shape index (κ2) is 6.05. The van der Waals surface area contributed by atoms with Crippen LogP contribution in [0.1, 0.15) is 40.1 Å². The van der Waals surface area contributed by atoms with Gasteiger partial charge in [-0.25, -0.2) is 4.39 Å². The van der Waals surface area contributed by atoms with E-state index < -0.39 is 5.82 Å². The second-order valence-corrected chi connectivity index (χ2v) is 5.00. The Morgan fingerprint density at radius 1 is 1.52 bits per heavy atom. The smallest absolute Gasteiger partial charge is 0.251 e. The van der Waals surface area contributed by atoms with Crippen molar-refractivity contribution < 1.29 is 14.3 Å². The van der Waals surface area contributed by atoms with Gasteiger partial charge in [-0.2, -0.15) is 5.10 Å². The maximum atomic E-state index is 13.6. The highest BCUT2D eigenvalue weighted by atomic mass is 19.1. The molecular formula is C15H18FN3O2. The van der Waals surface area contributed by atoms with Gasteiger partial charge in [0.25, 0.3) is 5.91 Å². The van der Waals surface area contributed by atoms with Gasteiger partial charge in [-0.05, 0) is 26.0 Å². The molecule has 0 aliphatic heterocycles. The molecule has 1 aromatic carbocycles. The van der Waals surface area contributed by atoms with Gasteiger partial charge in [-0.3, -0.25) is 9.48 Å². The van der Waals surface area contributed by atoms with Crippen LogP contribution in [-0.2, 0) is 13.7 Å². The van der Waals surface area contributed by atoms with E-state index in [0.717, 1.165) is 17.3 Å². The summed E-state index contributed by atoms with van der Waals surface area (Å²) in [6, 6.07) is 3.80. The Balaban J connectivity index is 2.14. The van der Waals surface area contributed by atoms with Crippen LogP contribution >= 0.6 is 0 Å². The summed E-state index contributed by atoms with van der Waals surface area (Å²) in [5.74, 6) is -0.954. The number of aryl methyl sites for hydroxylation is 2. The lowest BCUT2D eigenvalue weighted by Gasteiger charge is -2.13. The Kier molecular flexibility index (Phi) is 4.37. The van der Waals surface area contributed by atoms with E-state index in [1.807, 2.05) is 27.1 Å². The lowest BCUT2D eigenvalue weighted by molar-refractivity contribution is 0.0939. The number of aliphatic hydroxyl groups is 1. The number of hydrogen-bond acceptors (Lipinski definition) is 3. The molecule has 21 heavy (non-hydrogen) atoms. The number of benzene rings is 1. The molecule has 5 nitrogen and oxygen atoms in total. The minimum atomic E-state index is -0.588. The zero-order chi connectivity index (χ0) is 15.6. The first-order valence-electron chi connectivity index (χ1n) is 6.62. The first kappa shape index (κ1) is 15.2. The Labute approximate surface area is 122 Å². The van der Waals surface area contributed by atoms with Gasteiger partial charge in [0.05, 0.1) is 18.3 Å². The van der Waals surface area contributed by atoms with E-state index in [2.05, 4.69) is 10.4 Å². The summed E-state index contributed by atoms with van der Waals surface area (Å²) in [5.41, 5.74) is 2.14. The number of carbonyl (C=O) groups is 1. The van der Waals surface area contributed by atoms with Crippen molar-refractivity contribution in [2.75, 3.05) is 0 Å². The molecule has 1 atom stereocenters. The van der Waals surface area contributed by atoms with Crippen LogP contribution < -0.4 is 5.32 Å². The lowest BCUT2D eigenvalue weighted by Crippen LogP contribution is -2.27. The maximum Gasteiger partial charge on any atom is 0.251 e. The fraction of sp³-hybridized carbons (Fsp3) is 0.333. The van der Waals surface area contributed by atoms with Crippen molar-refractivity contribution in [2.24, 2.45) is 7.05 Å². The average molecular weight is 291 g/mol. The zero-order valence-corrected chi connectivity index (χ0v) is 12.2. The van der Waals surface area contributed by atoms with E-state index >= 15 is 0 Å². The highest BCUT2D eigenvalue weighted by Gasteiger charge is 2.16. The molecule has 1 amide bonds. The monoisotopic (exact) mass is 291 g/mol. The summed E-state index contributed by atoms with van der Waals surface area (Å²) in [6.45, 7) is 3.33. The molecule has 1 unspecified atom stereocenters. The van der Waals surface area contributed by atoms with Gasteiger partial charge >= 0.3 is 0 Å². The minimum Gasteiger partial charge on any atom is -0.392 e. The number of nitrogens with one attached hydrogen (secondary N) is 1. The van der Waals surface area contributed by atoms with Gasteiger partial charge in [0.2, 0.25) is 0 Å². The molecule has 0 bridgehead atoms. The summed E-state index contributed by atoms with van der Waals surface area (Å²) in [6.07, 6.45) is 1.84. The number of aliphatic hydroxyl groups excluding tert-OH is 1. The van der Waals surface area contributed by atoms with Crippen molar-refractivity contribution in [3.05, 3.63) is 52.6 Å². The Morgan fingerprint density at radius 2 is 2.24 bits per heavy atom. The van der Waals surface area contributed by atoms with Gasteiger partial charge in [0.15, 0.2) is 0 Å². The molecule has 0 saturated carbocycles. The maximum absolute atomic E-state index is 13.6. The van der Waals surface area contributed by atoms with E-state index in [4.69, 9.17) is 5.11 Å². The highest BCUT2D eigenvalue weighted by molar-refractivity contribution is 5.94. The largest absolute Gasteiger partial charge is 0.392 e. The topological polar surface area (TPSA) is 67.2 Å². The number of nitrogens with zero attached hydrogens (tertiary/aromatic N) is 2. The van der Waals surface area contributed by atoms with E-state index in [0.29, 0.717) is 0 Å². The third-order valence-corrected chi connectivity index (χ3v) is 3.35. The minimum absolute atomic E-state index is 0.169. The predicted octanol–water partition coefficient (Wildman–Crippen LogP) is 1.85. The first-order valence-corrected chi connectivity index (χ1v) is 6.62. The SMILES string of the molecule is Cc1nn(C)cc1C(C)NC(=O)c1ccc(CO)c(F)c1. The molecule has 2 N–H and O–H groups in total. The van der Waals surface area contributed by atoms with Crippen molar-refractivity contribution in [3.63, 3.8) is 0 Å². The summed E-state index contributed by atoms with van der Waals surface area (Å²) in [4.78, 5) is 12.1. The van der Waals surface area contributed by atoms with Crippen LogP contribution in [-0.4, -0.2) is 20.8 Å². The van der Waals surface area contributed by atoms with Crippen LogP contribution in [0.5, 0.6) is 0 Å². The van der Waals surface area contributed by atoms with Gasteiger partial charge in [0, 0.05) is 29.9 Å². The van der Waals surface area contributed by atoms with Crippen molar-refractivity contribution in [2.45, 2.75) is 26.5 Å². The molecule has 0 aliphatic rings. The van der Waals surface area contributed by atoms with Crippen LogP contribution in [0.25, 0.3) is 0 Å². The van der Waals surface area contributed by atoms with Crippen LogP contribution in [0, 0.1) is 12.7 Å². The Bertz CT molecular complexity index is 667. The summed E-state index contributed by atoms with van der Waals surface area (Å²) < 4.78 is 15.3. The molecule has 1 aromatic heterocycles. The zero-order valence-electron chi connectivity index (χ0n) is 12.2. The fourth-order valence-electron chi connectivity index (χ4n) is 2.22. The molecule has 0 fully saturated rings. The van der Waals surface area contributed by atoms with Gasteiger partial charge < -0.3 is 10.4 Å². The van der Waals surface area contributed by atoms with E-state index in [1.165, 1.54) is 12.1 Å². The molecule has 0 aliphatic carbocycles. The third-order valence-electron chi connectivity index (χ3n) is 3.35. The van der Waals surface area contributed by atoms with Crippen LogP contribution in [0.15, 0.2) is 24.4 Å². The number of carbonyl (C=O) groups excluding carboxylic acids is 1. The molecule has 112 valence electrons. The normalized spacial score (nSPS) is 12.2. The predicted molar refractivity (Wildman–Crippen MR) is 76.1 cm³/mol. The number of amides is 1. The van der Waals surface area contributed by atoms with Gasteiger partial charge in [-0.15, -0.1) is 0 Å². The van der Waals surface area contributed by atoms with E-state index in [-0.39, 0.29) is 29.7 Å². The van der Waals surface area contributed by atoms with Crippen LogP contribution in [0.2, 0.25) is 0 Å². The molecule has 1 heterocycles. The fourth-order valence-corrected chi connectivity index (χ4v) is 2.22. The molecule has 2 rings (SSSR count). The number of rotatable bonds is 4. The van der Waals surface area contributed by atoms with Crippen molar-refractivity contribution in [3.8, 4) is 0 Å². The lowest BCUT2D eigenvalue weighted by atomic mass is 10.1. The van der Waals surface area contributed by atoms with E-state index in [9.17, 15) is 9.18 Å². The second-order valence-electron chi connectivity index (χ2n) is 5.00. The van der Waals surface area contributed by atoms with Crippen LogP contribution in [0.4, 0.5) is 4.39 Å². The molecule has 2 aromatic rings. The number of hydrogen-bond donors (Lipinski definition) is 2. The molecule has 6 heteroatoms. The van der Waals surface area contributed by atoms with Gasteiger partial charge in [0.1, 0.15) is 5.82 Å².